The molecule has 0 radical (unpaired) electrons. The van der Waals surface area contributed by atoms with Crippen molar-refractivity contribution in [3.05, 3.63) is 29.3 Å². The van der Waals surface area contributed by atoms with E-state index in [2.05, 4.69) is 4.18 Å². The fourth-order valence-corrected chi connectivity index (χ4v) is 3.61. The molecule has 0 heterocycles. The van der Waals surface area contributed by atoms with Crippen LogP contribution < -0.4 is 5.73 Å². The van der Waals surface area contributed by atoms with Crippen LogP contribution in [-0.4, -0.2) is 24.6 Å². The fourth-order valence-electron chi connectivity index (χ4n) is 1.46. The number of rotatable bonds is 5. The zero-order valence-electron chi connectivity index (χ0n) is 10.2. The average molecular weight is 349 g/mol. The van der Waals surface area contributed by atoms with Gasteiger partial charge in [0.15, 0.2) is 6.35 Å². The monoisotopic (exact) mass is 349 g/mol. The van der Waals surface area contributed by atoms with Crippen LogP contribution in [0.15, 0.2) is 23.1 Å². The zero-order valence-corrected chi connectivity index (χ0v) is 12.0. The van der Waals surface area contributed by atoms with E-state index in [4.69, 9.17) is 15.5 Å². The summed E-state index contributed by atoms with van der Waals surface area (Å²) in [7, 11) is -9.92. The number of benzene rings is 1. The smallest absolute Gasteiger partial charge is 0.326 e. The van der Waals surface area contributed by atoms with Gasteiger partial charge in [-0.15, -0.1) is 0 Å². The Bertz CT molecular complexity index is 669. The minimum absolute atomic E-state index is 0.379. The maximum absolute atomic E-state index is 12.9. The molecule has 0 aliphatic rings. The van der Waals surface area contributed by atoms with Gasteiger partial charge in [0.05, 0.1) is 5.56 Å². The van der Waals surface area contributed by atoms with E-state index < -0.39 is 47.2 Å². The van der Waals surface area contributed by atoms with Gasteiger partial charge in [0.2, 0.25) is 0 Å². The van der Waals surface area contributed by atoms with E-state index in [1.165, 1.54) is 0 Å². The second kappa shape index (κ2) is 6.03. The normalized spacial score (nSPS) is 13.4. The number of halogens is 3. The van der Waals surface area contributed by atoms with Gasteiger partial charge in [0, 0.05) is 6.54 Å². The topological polar surface area (TPSA) is 127 Å². The first-order valence-electron chi connectivity index (χ1n) is 5.21. The summed E-state index contributed by atoms with van der Waals surface area (Å²) in [6.07, 6.45) is -6.56. The molecule has 0 unspecified atom stereocenters. The molecular formula is C9H11F3NO6PS. The standard InChI is InChI=1S/C9H11F3NO6PS/c10-9(11,12)7-3-1-2-6(4-13)8(7)21(17,18)19-5-20(14,15)16/h1-3H,4-5,13H2,(H2,14,15,16). The highest BCUT2D eigenvalue weighted by Gasteiger charge is 2.39. The lowest BCUT2D eigenvalue weighted by Crippen LogP contribution is -2.19. The number of nitrogens with two attached hydrogens (primary N) is 1. The molecular weight excluding hydrogens is 338 g/mol. The molecule has 21 heavy (non-hydrogen) atoms. The van der Waals surface area contributed by atoms with Crippen molar-refractivity contribution in [1.82, 2.24) is 0 Å². The largest absolute Gasteiger partial charge is 0.417 e. The van der Waals surface area contributed by atoms with E-state index in [0.717, 1.165) is 12.1 Å². The Morgan fingerprint density at radius 3 is 2.29 bits per heavy atom. The molecule has 4 N–H and O–H groups in total. The Balaban J connectivity index is 3.43. The first-order valence-corrected chi connectivity index (χ1v) is 8.42. The second-order valence-electron chi connectivity index (χ2n) is 3.86. The van der Waals surface area contributed by atoms with Crippen LogP contribution in [-0.2, 0) is 31.6 Å². The van der Waals surface area contributed by atoms with Gasteiger partial charge in [-0.2, -0.15) is 21.6 Å². The third-order valence-corrected chi connectivity index (χ3v) is 4.30. The van der Waals surface area contributed by atoms with Crippen LogP contribution >= 0.6 is 7.60 Å². The summed E-state index contributed by atoms with van der Waals surface area (Å²) in [6, 6.07) is 2.52. The van der Waals surface area contributed by atoms with E-state index in [1.807, 2.05) is 0 Å². The lowest BCUT2D eigenvalue weighted by atomic mass is 10.1. The van der Waals surface area contributed by atoms with Gasteiger partial charge in [0.1, 0.15) is 4.90 Å². The molecule has 0 fully saturated rings. The summed E-state index contributed by atoms with van der Waals surface area (Å²) in [6.45, 7) is -0.530. The predicted molar refractivity (Wildman–Crippen MR) is 64.5 cm³/mol. The molecule has 7 nitrogen and oxygen atoms in total. The van der Waals surface area contributed by atoms with E-state index in [-0.39, 0.29) is 5.56 Å². The van der Waals surface area contributed by atoms with Crippen molar-refractivity contribution >= 4 is 17.7 Å². The summed E-state index contributed by atoms with van der Waals surface area (Å²) in [5, 5.41) is 0. The average Bonchev–Trinajstić information content (AvgIpc) is 2.33. The molecule has 1 aromatic rings. The molecule has 1 aromatic carbocycles. The van der Waals surface area contributed by atoms with Gasteiger partial charge in [-0.25, -0.2) is 0 Å². The lowest BCUT2D eigenvalue weighted by molar-refractivity contribution is -0.140. The van der Waals surface area contributed by atoms with Crippen LogP contribution in [0.3, 0.4) is 0 Å². The molecule has 12 heteroatoms. The summed E-state index contributed by atoms with van der Waals surface area (Å²) >= 11 is 0. The van der Waals surface area contributed by atoms with Crippen LogP contribution in [0.2, 0.25) is 0 Å². The Kier molecular flexibility index (Phi) is 5.19. The molecule has 0 bridgehead atoms. The van der Waals surface area contributed by atoms with Crippen molar-refractivity contribution in [1.29, 1.82) is 0 Å². The summed E-state index contributed by atoms with van der Waals surface area (Å²) in [4.78, 5) is 15.9. The molecule has 120 valence electrons. The van der Waals surface area contributed by atoms with Crippen LogP contribution in [0.4, 0.5) is 13.2 Å². The summed E-state index contributed by atoms with van der Waals surface area (Å²) in [5.41, 5.74) is 3.30. The van der Waals surface area contributed by atoms with Crippen LogP contribution in [0.1, 0.15) is 11.1 Å². The van der Waals surface area contributed by atoms with Crippen LogP contribution in [0.25, 0.3) is 0 Å². The number of hydrogen-bond acceptors (Lipinski definition) is 5. The van der Waals surface area contributed by atoms with E-state index >= 15 is 0 Å². The van der Waals surface area contributed by atoms with Crippen LogP contribution in [0, 0.1) is 0 Å². The summed E-state index contributed by atoms with van der Waals surface area (Å²) in [5.74, 6) is 0. The van der Waals surface area contributed by atoms with Crippen molar-refractivity contribution in [3.8, 4) is 0 Å². The SMILES string of the molecule is NCc1cccc(C(F)(F)F)c1S(=O)(=O)OCP(=O)(O)O. The number of hydrogen-bond donors (Lipinski definition) is 3. The van der Waals surface area contributed by atoms with Crippen molar-refractivity contribution in [3.63, 3.8) is 0 Å². The molecule has 1 rings (SSSR count). The molecule has 0 aromatic heterocycles. The molecule has 0 amide bonds. The highest BCUT2D eigenvalue weighted by atomic mass is 32.2. The van der Waals surface area contributed by atoms with Gasteiger partial charge in [-0.1, -0.05) is 12.1 Å². The van der Waals surface area contributed by atoms with Crippen LogP contribution in [0.5, 0.6) is 0 Å². The molecule has 0 spiro atoms. The van der Waals surface area contributed by atoms with Crippen molar-refractivity contribution in [2.75, 3.05) is 6.35 Å². The van der Waals surface area contributed by atoms with Crippen molar-refractivity contribution in [2.45, 2.75) is 17.6 Å². The van der Waals surface area contributed by atoms with E-state index in [9.17, 15) is 26.2 Å². The van der Waals surface area contributed by atoms with E-state index in [0.29, 0.717) is 6.07 Å². The highest BCUT2D eigenvalue weighted by Crippen LogP contribution is 2.39. The molecule has 0 atom stereocenters. The van der Waals surface area contributed by atoms with Gasteiger partial charge >= 0.3 is 13.8 Å². The van der Waals surface area contributed by atoms with Gasteiger partial charge in [-0.05, 0) is 11.6 Å². The van der Waals surface area contributed by atoms with Crippen molar-refractivity contribution < 1.29 is 40.1 Å². The fraction of sp³-hybridized carbons (Fsp3) is 0.333. The Morgan fingerprint density at radius 1 is 1.29 bits per heavy atom. The van der Waals surface area contributed by atoms with E-state index in [1.54, 1.807) is 0 Å². The number of alkyl halides is 3. The third-order valence-electron chi connectivity index (χ3n) is 2.25. The first-order chi connectivity index (χ1) is 9.38. The van der Waals surface area contributed by atoms with Gasteiger partial charge in [0.25, 0.3) is 10.1 Å². The van der Waals surface area contributed by atoms with Gasteiger partial charge in [-0.3, -0.25) is 8.75 Å². The Hall–Kier alpha value is -0.970. The Morgan fingerprint density at radius 2 is 1.86 bits per heavy atom. The predicted octanol–water partition coefficient (Wildman–Crippen LogP) is 1.00. The lowest BCUT2D eigenvalue weighted by Gasteiger charge is -2.16. The molecule has 0 aliphatic carbocycles. The second-order valence-corrected chi connectivity index (χ2v) is 7.00. The van der Waals surface area contributed by atoms with Crippen molar-refractivity contribution in [2.24, 2.45) is 5.73 Å². The maximum Gasteiger partial charge on any atom is 0.417 e. The molecule has 0 saturated heterocycles. The first kappa shape index (κ1) is 18.1. The maximum atomic E-state index is 12.9. The quantitative estimate of drug-likeness (QED) is 0.535. The van der Waals surface area contributed by atoms with Gasteiger partial charge < -0.3 is 15.5 Å². The Labute approximate surface area is 117 Å². The minimum Gasteiger partial charge on any atom is -0.326 e. The highest BCUT2D eigenvalue weighted by molar-refractivity contribution is 7.87. The molecule has 0 aliphatic heterocycles. The zero-order chi connectivity index (χ0) is 16.5. The summed E-state index contributed by atoms with van der Waals surface area (Å²) < 4.78 is 76.8. The minimum atomic E-state index is -5.04. The molecule has 0 saturated carbocycles. The third kappa shape index (κ3) is 4.77.